The van der Waals surface area contributed by atoms with E-state index < -0.39 is 11.0 Å². The SMILES string of the molecule is Cc1ccc(C(=O)C(C)n2cc([N+](=O)[O-])cn2)cc1. The predicted molar refractivity (Wildman–Crippen MR) is 69.1 cm³/mol. The van der Waals surface area contributed by atoms with E-state index in [2.05, 4.69) is 5.10 Å². The van der Waals surface area contributed by atoms with Crippen LogP contribution in [0.4, 0.5) is 5.69 Å². The summed E-state index contributed by atoms with van der Waals surface area (Å²) in [4.78, 5) is 22.3. The number of carbonyl (C=O) groups is 1. The Bertz CT molecular complexity index is 616. The number of ketones is 1. The molecule has 0 fully saturated rings. The molecule has 98 valence electrons. The van der Waals surface area contributed by atoms with E-state index in [9.17, 15) is 14.9 Å². The fraction of sp³-hybridized carbons (Fsp3) is 0.231. The third-order valence-electron chi connectivity index (χ3n) is 2.91. The molecule has 0 aliphatic carbocycles. The number of hydrogen-bond acceptors (Lipinski definition) is 4. The van der Waals surface area contributed by atoms with Gasteiger partial charge in [-0.3, -0.25) is 19.6 Å². The van der Waals surface area contributed by atoms with Crippen LogP contribution in [0, 0.1) is 17.0 Å². The normalized spacial score (nSPS) is 12.1. The second-order valence-electron chi connectivity index (χ2n) is 4.34. The first kappa shape index (κ1) is 12.9. The minimum absolute atomic E-state index is 0.122. The highest BCUT2D eigenvalue weighted by molar-refractivity contribution is 5.98. The van der Waals surface area contributed by atoms with Crippen molar-refractivity contribution in [2.45, 2.75) is 19.9 Å². The smallest absolute Gasteiger partial charge is 0.292 e. The van der Waals surface area contributed by atoms with Gasteiger partial charge in [0.25, 0.3) is 0 Å². The van der Waals surface area contributed by atoms with Gasteiger partial charge in [0.15, 0.2) is 5.78 Å². The van der Waals surface area contributed by atoms with Crippen LogP contribution in [0.2, 0.25) is 0 Å². The van der Waals surface area contributed by atoms with Gasteiger partial charge in [0.1, 0.15) is 18.4 Å². The molecule has 1 unspecified atom stereocenters. The first-order valence-corrected chi connectivity index (χ1v) is 5.78. The predicted octanol–water partition coefficient (Wildman–Crippen LogP) is 2.54. The highest BCUT2D eigenvalue weighted by Gasteiger charge is 2.20. The summed E-state index contributed by atoms with van der Waals surface area (Å²) in [5.74, 6) is -0.127. The molecular weight excluding hydrogens is 246 g/mol. The number of aryl methyl sites for hydroxylation is 1. The van der Waals surface area contributed by atoms with Crippen LogP contribution in [0.5, 0.6) is 0 Å². The number of hydrogen-bond donors (Lipinski definition) is 0. The summed E-state index contributed by atoms with van der Waals surface area (Å²) < 4.78 is 1.31. The third-order valence-corrected chi connectivity index (χ3v) is 2.91. The summed E-state index contributed by atoms with van der Waals surface area (Å²) in [6, 6.07) is 6.62. The van der Waals surface area contributed by atoms with Crippen LogP contribution in [-0.4, -0.2) is 20.5 Å². The largest absolute Gasteiger partial charge is 0.307 e. The standard InChI is InChI=1S/C13H13N3O3/c1-9-3-5-11(6-4-9)13(17)10(2)15-8-12(7-14-15)16(18)19/h3-8,10H,1-2H3. The Hall–Kier alpha value is -2.50. The second-order valence-corrected chi connectivity index (χ2v) is 4.34. The van der Waals surface area contributed by atoms with Gasteiger partial charge in [0.2, 0.25) is 0 Å². The number of rotatable bonds is 4. The van der Waals surface area contributed by atoms with Gasteiger partial charge in [-0.05, 0) is 13.8 Å². The summed E-state index contributed by atoms with van der Waals surface area (Å²) in [5.41, 5.74) is 1.51. The van der Waals surface area contributed by atoms with E-state index >= 15 is 0 Å². The Morgan fingerprint density at radius 3 is 2.53 bits per heavy atom. The molecule has 0 radical (unpaired) electrons. The zero-order valence-corrected chi connectivity index (χ0v) is 10.6. The van der Waals surface area contributed by atoms with Gasteiger partial charge in [-0.2, -0.15) is 5.10 Å². The summed E-state index contributed by atoms with van der Waals surface area (Å²) in [5, 5.41) is 14.4. The number of Topliss-reactive ketones (excluding diaryl/α,β-unsaturated/α-hetero) is 1. The number of nitro groups is 1. The Morgan fingerprint density at radius 2 is 2.00 bits per heavy atom. The van der Waals surface area contributed by atoms with Crippen LogP contribution in [0.25, 0.3) is 0 Å². The van der Waals surface area contributed by atoms with Gasteiger partial charge >= 0.3 is 5.69 Å². The van der Waals surface area contributed by atoms with Crippen molar-refractivity contribution >= 4 is 11.5 Å². The molecule has 0 amide bonds. The highest BCUT2D eigenvalue weighted by atomic mass is 16.6. The molecule has 0 N–H and O–H groups in total. The summed E-state index contributed by atoms with van der Waals surface area (Å²) in [6.45, 7) is 3.60. The van der Waals surface area contributed by atoms with Crippen molar-refractivity contribution in [3.05, 3.63) is 57.9 Å². The van der Waals surface area contributed by atoms with Gasteiger partial charge in [-0.15, -0.1) is 0 Å². The summed E-state index contributed by atoms with van der Waals surface area (Å²) in [6.07, 6.45) is 2.40. The third kappa shape index (κ3) is 2.67. The Balaban J connectivity index is 2.22. The molecule has 1 aromatic carbocycles. The first-order valence-electron chi connectivity index (χ1n) is 5.78. The lowest BCUT2D eigenvalue weighted by molar-refractivity contribution is -0.385. The maximum atomic E-state index is 12.2. The van der Waals surface area contributed by atoms with Crippen LogP contribution in [0.1, 0.15) is 28.9 Å². The van der Waals surface area contributed by atoms with E-state index in [-0.39, 0.29) is 11.5 Å². The minimum atomic E-state index is -0.573. The molecule has 6 nitrogen and oxygen atoms in total. The average Bonchev–Trinajstić information content (AvgIpc) is 2.87. The molecule has 0 saturated carbocycles. The fourth-order valence-corrected chi connectivity index (χ4v) is 1.71. The zero-order valence-electron chi connectivity index (χ0n) is 10.6. The van der Waals surface area contributed by atoms with E-state index in [4.69, 9.17) is 0 Å². The number of benzene rings is 1. The minimum Gasteiger partial charge on any atom is -0.292 e. The van der Waals surface area contributed by atoms with Crippen LogP contribution in [0.15, 0.2) is 36.7 Å². The lowest BCUT2D eigenvalue weighted by Gasteiger charge is -2.10. The van der Waals surface area contributed by atoms with Crippen LogP contribution in [-0.2, 0) is 0 Å². The average molecular weight is 259 g/mol. The highest BCUT2D eigenvalue weighted by Crippen LogP contribution is 2.17. The van der Waals surface area contributed by atoms with Crippen molar-refractivity contribution < 1.29 is 9.72 Å². The first-order chi connectivity index (χ1) is 8.99. The molecule has 1 aromatic heterocycles. The number of aromatic nitrogens is 2. The molecule has 0 bridgehead atoms. The van der Waals surface area contributed by atoms with Crippen molar-refractivity contribution in [3.8, 4) is 0 Å². The van der Waals surface area contributed by atoms with Crippen LogP contribution < -0.4 is 0 Å². The molecule has 1 heterocycles. The van der Waals surface area contributed by atoms with E-state index in [1.54, 1.807) is 19.1 Å². The van der Waals surface area contributed by atoms with Crippen LogP contribution >= 0.6 is 0 Å². The monoisotopic (exact) mass is 259 g/mol. The molecule has 0 aliphatic heterocycles. The Labute approximate surface area is 109 Å². The van der Waals surface area contributed by atoms with Gasteiger partial charge < -0.3 is 0 Å². The van der Waals surface area contributed by atoms with E-state index in [0.717, 1.165) is 11.8 Å². The molecule has 6 heteroatoms. The van der Waals surface area contributed by atoms with Gasteiger partial charge in [-0.1, -0.05) is 29.8 Å². The van der Waals surface area contributed by atoms with E-state index in [1.165, 1.54) is 10.9 Å². The van der Waals surface area contributed by atoms with Gasteiger partial charge in [-0.25, -0.2) is 0 Å². The van der Waals surface area contributed by atoms with Crippen molar-refractivity contribution in [1.29, 1.82) is 0 Å². The fourth-order valence-electron chi connectivity index (χ4n) is 1.71. The number of nitrogens with zero attached hydrogens (tertiary/aromatic N) is 3. The maximum Gasteiger partial charge on any atom is 0.307 e. The molecular formula is C13H13N3O3. The molecule has 2 aromatic rings. The molecule has 0 spiro atoms. The van der Waals surface area contributed by atoms with Crippen molar-refractivity contribution in [2.24, 2.45) is 0 Å². The second kappa shape index (κ2) is 5.01. The lowest BCUT2D eigenvalue weighted by atomic mass is 10.0. The number of carbonyl (C=O) groups excluding carboxylic acids is 1. The van der Waals surface area contributed by atoms with Crippen molar-refractivity contribution in [3.63, 3.8) is 0 Å². The summed E-state index contributed by atoms with van der Waals surface area (Å²) in [7, 11) is 0. The van der Waals surface area contributed by atoms with Crippen LogP contribution in [0.3, 0.4) is 0 Å². The zero-order chi connectivity index (χ0) is 14.0. The molecule has 2 rings (SSSR count). The maximum absolute atomic E-state index is 12.2. The quantitative estimate of drug-likeness (QED) is 0.480. The molecule has 19 heavy (non-hydrogen) atoms. The summed E-state index contributed by atoms with van der Waals surface area (Å²) >= 11 is 0. The lowest BCUT2D eigenvalue weighted by Crippen LogP contribution is -2.17. The van der Waals surface area contributed by atoms with Gasteiger partial charge in [0, 0.05) is 5.56 Å². The molecule has 0 aliphatic rings. The molecule has 0 saturated heterocycles. The van der Waals surface area contributed by atoms with Crippen molar-refractivity contribution in [1.82, 2.24) is 9.78 Å². The topological polar surface area (TPSA) is 78.0 Å². The van der Waals surface area contributed by atoms with Crippen molar-refractivity contribution in [2.75, 3.05) is 0 Å². The van der Waals surface area contributed by atoms with E-state index in [1.807, 2.05) is 19.1 Å². The molecule has 1 atom stereocenters. The Kier molecular flexibility index (Phi) is 3.41. The van der Waals surface area contributed by atoms with E-state index in [0.29, 0.717) is 5.56 Å². The van der Waals surface area contributed by atoms with Gasteiger partial charge in [0.05, 0.1) is 4.92 Å². The Morgan fingerprint density at radius 1 is 1.37 bits per heavy atom.